The predicted octanol–water partition coefficient (Wildman–Crippen LogP) is 2.12. The Labute approximate surface area is 94.6 Å². The van der Waals surface area contributed by atoms with Crippen molar-refractivity contribution in [1.29, 1.82) is 0 Å². The molecule has 86 valence electrons. The number of benzene rings is 1. The molecule has 1 N–H and O–H groups in total. The van der Waals surface area contributed by atoms with Gasteiger partial charge in [-0.15, -0.1) is 0 Å². The van der Waals surface area contributed by atoms with Gasteiger partial charge in [0.05, 0.1) is 18.0 Å². The van der Waals surface area contributed by atoms with E-state index in [1.54, 1.807) is 0 Å². The summed E-state index contributed by atoms with van der Waals surface area (Å²) in [6.07, 6.45) is 1.90. The minimum atomic E-state index is -1.38. The minimum absolute atomic E-state index is 0.133. The van der Waals surface area contributed by atoms with Crippen molar-refractivity contribution in [1.82, 2.24) is 9.97 Å². The van der Waals surface area contributed by atoms with E-state index in [4.69, 9.17) is 5.11 Å². The summed E-state index contributed by atoms with van der Waals surface area (Å²) in [6.45, 7) is 0. The first-order valence-electron chi connectivity index (χ1n) is 4.58. The monoisotopic (exact) mass is 236 g/mol. The standard InChI is InChI=1S/C11H6F2N2O2/c12-7-4-14-10(15-5-7)6-1-2-9(13)8(3-6)11(16)17/h1-5H,(H,16,17). The Bertz CT molecular complexity index is 570. The van der Waals surface area contributed by atoms with Gasteiger partial charge in [0.2, 0.25) is 0 Å². The van der Waals surface area contributed by atoms with Gasteiger partial charge in [0.1, 0.15) is 5.82 Å². The van der Waals surface area contributed by atoms with Crippen molar-refractivity contribution in [2.45, 2.75) is 0 Å². The van der Waals surface area contributed by atoms with Crippen molar-refractivity contribution >= 4 is 5.97 Å². The summed E-state index contributed by atoms with van der Waals surface area (Å²) in [7, 11) is 0. The summed E-state index contributed by atoms with van der Waals surface area (Å²) >= 11 is 0. The molecule has 0 aliphatic rings. The van der Waals surface area contributed by atoms with Crippen LogP contribution in [0.4, 0.5) is 8.78 Å². The van der Waals surface area contributed by atoms with E-state index in [0.29, 0.717) is 5.56 Å². The van der Waals surface area contributed by atoms with E-state index in [1.807, 2.05) is 0 Å². The third-order valence-corrected chi connectivity index (χ3v) is 2.08. The Kier molecular flexibility index (Phi) is 2.78. The van der Waals surface area contributed by atoms with Crippen molar-refractivity contribution < 1.29 is 18.7 Å². The molecular weight excluding hydrogens is 230 g/mol. The van der Waals surface area contributed by atoms with Crippen LogP contribution in [0.3, 0.4) is 0 Å². The van der Waals surface area contributed by atoms with Crippen molar-refractivity contribution in [2.24, 2.45) is 0 Å². The molecule has 0 fully saturated rings. The quantitative estimate of drug-likeness (QED) is 0.867. The molecule has 0 aliphatic heterocycles. The molecular formula is C11H6F2N2O2. The Balaban J connectivity index is 2.50. The third-order valence-electron chi connectivity index (χ3n) is 2.08. The first-order valence-corrected chi connectivity index (χ1v) is 4.58. The summed E-state index contributed by atoms with van der Waals surface area (Å²) in [6, 6.07) is 3.44. The largest absolute Gasteiger partial charge is 0.478 e. The van der Waals surface area contributed by atoms with E-state index < -0.39 is 23.2 Å². The molecule has 2 rings (SSSR count). The van der Waals surface area contributed by atoms with Gasteiger partial charge >= 0.3 is 5.97 Å². The fourth-order valence-corrected chi connectivity index (χ4v) is 1.29. The van der Waals surface area contributed by atoms with Crippen LogP contribution >= 0.6 is 0 Å². The Morgan fingerprint density at radius 2 is 1.82 bits per heavy atom. The van der Waals surface area contributed by atoms with E-state index in [9.17, 15) is 13.6 Å². The number of carboxylic acid groups (broad SMARTS) is 1. The highest BCUT2D eigenvalue weighted by atomic mass is 19.1. The number of carboxylic acids is 1. The van der Waals surface area contributed by atoms with Crippen LogP contribution in [0.2, 0.25) is 0 Å². The van der Waals surface area contributed by atoms with E-state index in [-0.39, 0.29) is 5.82 Å². The molecule has 0 saturated carbocycles. The van der Waals surface area contributed by atoms with Gasteiger partial charge in [-0.25, -0.2) is 23.5 Å². The molecule has 6 heteroatoms. The zero-order valence-electron chi connectivity index (χ0n) is 8.39. The number of aromatic carboxylic acids is 1. The van der Waals surface area contributed by atoms with Crippen LogP contribution in [-0.2, 0) is 0 Å². The van der Waals surface area contributed by atoms with E-state index in [0.717, 1.165) is 24.5 Å². The lowest BCUT2D eigenvalue weighted by Gasteiger charge is -2.02. The van der Waals surface area contributed by atoms with Crippen LogP contribution in [0.25, 0.3) is 11.4 Å². The van der Waals surface area contributed by atoms with Gasteiger partial charge in [-0.05, 0) is 18.2 Å². The lowest BCUT2D eigenvalue weighted by atomic mass is 10.1. The highest BCUT2D eigenvalue weighted by molar-refractivity contribution is 5.89. The van der Waals surface area contributed by atoms with Crippen LogP contribution in [0.15, 0.2) is 30.6 Å². The van der Waals surface area contributed by atoms with Gasteiger partial charge in [-0.2, -0.15) is 0 Å². The van der Waals surface area contributed by atoms with Crippen LogP contribution < -0.4 is 0 Å². The molecule has 0 saturated heterocycles. The molecule has 17 heavy (non-hydrogen) atoms. The van der Waals surface area contributed by atoms with Crippen molar-refractivity contribution in [3.63, 3.8) is 0 Å². The topological polar surface area (TPSA) is 63.1 Å². The Morgan fingerprint density at radius 1 is 1.18 bits per heavy atom. The predicted molar refractivity (Wildman–Crippen MR) is 54.3 cm³/mol. The number of rotatable bonds is 2. The lowest BCUT2D eigenvalue weighted by Crippen LogP contribution is -2.01. The van der Waals surface area contributed by atoms with Gasteiger partial charge in [0, 0.05) is 5.56 Å². The second-order valence-electron chi connectivity index (χ2n) is 3.22. The molecule has 0 spiro atoms. The highest BCUT2D eigenvalue weighted by Crippen LogP contribution is 2.18. The molecule has 0 radical (unpaired) electrons. The molecule has 0 unspecified atom stereocenters. The third kappa shape index (κ3) is 2.25. The molecule has 1 aromatic heterocycles. The number of hydrogen-bond acceptors (Lipinski definition) is 3. The second kappa shape index (κ2) is 4.25. The molecule has 0 bridgehead atoms. The maximum absolute atomic E-state index is 13.1. The lowest BCUT2D eigenvalue weighted by molar-refractivity contribution is 0.0692. The Morgan fingerprint density at radius 3 is 2.41 bits per heavy atom. The fourth-order valence-electron chi connectivity index (χ4n) is 1.29. The smallest absolute Gasteiger partial charge is 0.338 e. The Hall–Kier alpha value is -2.37. The normalized spacial score (nSPS) is 10.2. The molecule has 4 nitrogen and oxygen atoms in total. The molecule has 2 aromatic rings. The maximum Gasteiger partial charge on any atom is 0.338 e. The first kappa shape index (κ1) is 11.1. The number of halogens is 2. The SMILES string of the molecule is O=C(O)c1cc(-c2ncc(F)cn2)ccc1F. The molecule has 0 aliphatic carbocycles. The molecule has 0 atom stereocenters. The van der Waals surface area contributed by atoms with Crippen molar-refractivity contribution in [3.8, 4) is 11.4 Å². The summed E-state index contributed by atoms with van der Waals surface area (Å²) < 4.78 is 25.7. The van der Waals surface area contributed by atoms with Gasteiger partial charge < -0.3 is 5.11 Å². The van der Waals surface area contributed by atoms with Crippen LogP contribution in [0.1, 0.15) is 10.4 Å². The van der Waals surface area contributed by atoms with Gasteiger partial charge in [-0.3, -0.25) is 0 Å². The summed E-state index contributed by atoms with van der Waals surface area (Å²) in [5.74, 6) is -2.70. The van der Waals surface area contributed by atoms with Crippen LogP contribution in [0, 0.1) is 11.6 Å². The second-order valence-corrected chi connectivity index (χ2v) is 3.22. The first-order chi connectivity index (χ1) is 8.08. The van der Waals surface area contributed by atoms with Crippen molar-refractivity contribution in [3.05, 3.63) is 47.8 Å². The van der Waals surface area contributed by atoms with Gasteiger partial charge in [-0.1, -0.05) is 0 Å². The maximum atomic E-state index is 13.1. The van der Waals surface area contributed by atoms with Crippen LogP contribution in [-0.4, -0.2) is 21.0 Å². The van der Waals surface area contributed by atoms with E-state index >= 15 is 0 Å². The fraction of sp³-hybridized carbons (Fsp3) is 0. The minimum Gasteiger partial charge on any atom is -0.478 e. The zero-order chi connectivity index (χ0) is 12.4. The number of carbonyl (C=O) groups is 1. The summed E-state index contributed by atoms with van der Waals surface area (Å²) in [4.78, 5) is 18.1. The zero-order valence-corrected chi connectivity index (χ0v) is 8.39. The summed E-state index contributed by atoms with van der Waals surface area (Å²) in [5.41, 5.74) is -0.167. The summed E-state index contributed by atoms with van der Waals surface area (Å²) in [5, 5.41) is 8.74. The van der Waals surface area contributed by atoms with Crippen molar-refractivity contribution in [2.75, 3.05) is 0 Å². The van der Waals surface area contributed by atoms with E-state index in [2.05, 4.69) is 9.97 Å². The number of hydrogen-bond donors (Lipinski definition) is 1. The van der Waals surface area contributed by atoms with Gasteiger partial charge in [0.15, 0.2) is 11.6 Å². The molecule has 0 amide bonds. The molecule has 1 heterocycles. The van der Waals surface area contributed by atoms with Crippen LogP contribution in [0.5, 0.6) is 0 Å². The number of nitrogens with zero attached hydrogens (tertiary/aromatic N) is 2. The van der Waals surface area contributed by atoms with E-state index in [1.165, 1.54) is 6.07 Å². The average Bonchev–Trinajstić information content (AvgIpc) is 2.30. The molecule has 1 aromatic carbocycles. The average molecular weight is 236 g/mol. The number of aromatic nitrogens is 2. The van der Waals surface area contributed by atoms with Gasteiger partial charge in [0.25, 0.3) is 0 Å². The highest BCUT2D eigenvalue weighted by Gasteiger charge is 2.12.